The minimum absolute atomic E-state index is 0.0919. The lowest BCUT2D eigenvalue weighted by atomic mass is 10.1. The Morgan fingerprint density at radius 1 is 1.35 bits per heavy atom. The molecule has 1 heterocycles. The van der Waals surface area contributed by atoms with E-state index in [1.807, 2.05) is 0 Å². The van der Waals surface area contributed by atoms with Crippen molar-refractivity contribution in [2.24, 2.45) is 0 Å². The third-order valence-corrected chi connectivity index (χ3v) is 2.81. The van der Waals surface area contributed by atoms with E-state index in [9.17, 15) is 22.4 Å². The first-order chi connectivity index (χ1) is 9.36. The summed E-state index contributed by atoms with van der Waals surface area (Å²) in [7, 11) is 0. The third-order valence-electron chi connectivity index (χ3n) is 2.81. The SMILES string of the molecule is CCn1ccnc1C(=O)c1cccc(C(F)(F)F)c1F. The quantitative estimate of drug-likeness (QED) is 0.641. The summed E-state index contributed by atoms with van der Waals surface area (Å²) in [5.41, 5.74) is -2.10. The van der Waals surface area contributed by atoms with Gasteiger partial charge in [-0.25, -0.2) is 9.37 Å². The number of halogens is 4. The molecule has 7 heteroatoms. The van der Waals surface area contributed by atoms with E-state index in [0.29, 0.717) is 12.6 Å². The van der Waals surface area contributed by atoms with Gasteiger partial charge < -0.3 is 4.57 Å². The van der Waals surface area contributed by atoms with E-state index in [1.165, 1.54) is 17.0 Å². The van der Waals surface area contributed by atoms with Crippen molar-refractivity contribution in [1.29, 1.82) is 0 Å². The number of ketones is 1. The summed E-state index contributed by atoms with van der Waals surface area (Å²) in [5.74, 6) is -2.54. The van der Waals surface area contributed by atoms with E-state index >= 15 is 0 Å². The van der Waals surface area contributed by atoms with Gasteiger partial charge in [-0.2, -0.15) is 13.2 Å². The second-order valence-corrected chi connectivity index (χ2v) is 4.03. The number of rotatable bonds is 3. The number of benzene rings is 1. The van der Waals surface area contributed by atoms with Crippen molar-refractivity contribution in [3.8, 4) is 0 Å². The molecule has 0 unspecified atom stereocenters. The molecule has 0 spiro atoms. The lowest BCUT2D eigenvalue weighted by Crippen LogP contribution is -2.16. The monoisotopic (exact) mass is 286 g/mol. The number of carbonyl (C=O) groups excluding carboxylic acids is 1. The second kappa shape index (κ2) is 5.07. The minimum atomic E-state index is -4.85. The molecule has 0 fully saturated rings. The Hall–Kier alpha value is -2.18. The van der Waals surface area contributed by atoms with Crippen molar-refractivity contribution in [2.75, 3.05) is 0 Å². The maximum Gasteiger partial charge on any atom is 0.419 e. The molecule has 106 valence electrons. The normalized spacial score (nSPS) is 11.7. The van der Waals surface area contributed by atoms with Crippen LogP contribution in [0.25, 0.3) is 0 Å². The molecule has 20 heavy (non-hydrogen) atoms. The summed E-state index contributed by atoms with van der Waals surface area (Å²) < 4.78 is 53.1. The molecule has 0 radical (unpaired) electrons. The summed E-state index contributed by atoms with van der Waals surface area (Å²) in [6, 6.07) is 2.61. The Morgan fingerprint density at radius 3 is 2.65 bits per heavy atom. The number of alkyl halides is 3. The smallest absolute Gasteiger partial charge is 0.328 e. The molecular formula is C13H10F4N2O. The van der Waals surface area contributed by atoms with E-state index < -0.39 is 28.9 Å². The summed E-state index contributed by atoms with van der Waals surface area (Å²) in [5, 5.41) is 0. The molecule has 0 aliphatic rings. The largest absolute Gasteiger partial charge is 0.419 e. The van der Waals surface area contributed by atoms with Crippen LogP contribution >= 0.6 is 0 Å². The Balaban J connectivity index is 2.52. The standard InChI is InChI=1S/C13H10F4N2O/c1-2-19-7-6-18-12(19)11(20)8-4-3-5-9(10(8)14)13(15,16)17/h3-7H,2H2,1H3. The highest BCUT2D eigenvalue weighted by Crippen LogP contribution is 2.32. The van der Waals surface area contributed by atoms with Gasteiger partial charge in [0.15, 0.2) is 5.82 Å². The van der Waals surface area contributed by atoms with Crippen LogP contribution in [0.3, 0.4) is 0 Å². The predicted octanol–water partition coefficient (Wildman–Crippen LogP) is 3.29. The van der Waals surface area contributed by atoms with Gasteiger partial charge in [0, 0.05) is 18.9 Å². The molecule has 0 atom stereocenters. The Morgan fingerprint density at radius 2 is 2.05 bits per heavy atom. The summed E-state index contributed by atoms with van der Waals surface area (Å²) >= 11 is 0. The zero-order valence-electron chi connectivity index (χ0n) is 10.4. The van der Waals surface area contributed by atoms with Crippen molar-refractivity contribution < 1.29 is 22.4 Å². The Labute approximate surface area is 111 Å². The van der Waals surface area contributed by atoms with Crippen LogP contribution in [-0.2, 0) is 12.7 Å². The third kappa shape index (κ3) is 2.43. The fourth-order valence-corrected chi connectivity index (χ4v) is 1.82. The van der Waals surface area contributed by atoms with Crippen LogP contribution in [-0.4, -0.2) is 15.3 Å². The van der Waals surface area contributed by atoms with Crippen LogP contribution < -0.4 is 0 Å². The van der Waals surface area contributed by atoms with E-state index in [1.54, 1.807) is 6.92 Å². The maximum absolute atomic E-state index is 13.9. The summed E-state index contributed by atoms with van der Waals surface area (Å²) in [6.45, 7) is 2.14. The molecule has 0 aliphatic heterocycles. The topological polar surface area (TPSA) is 34.9 Å². The van der Waals surface area contributed by atoms with E-state index in [0.717, 1.165) is 12.1 Å². The lowest BCUT2D eigenvalue weighted by molar-refractivity contribution is -0.140. The predicted molar refractivity (Wildman–Crippen MR) is 62.7 cm³/mol. The zero-order chi connectivity index (χ0) is 14.9. The van der Waals surface area contributed by atoms with Gasteiger partial charge in [-0.3, -0.25) is 4.79 Å². The fourth-order valence-electron chi connectivity index (χ4n) is 1.82. The maximum atomic E-state index is 13.9. The van der Waals surface area contributed by atoms with Crippen LogP contribution in [0.15, 0.2) is 30.6 Å². The molecule has 2 rings (SSSR count). The molecule has 1 aromatic carbocycles. The van der Waals surface area contributed by atoms with E-state index in [4.69, 9.17) is 0 Å². The number of nitrogens with zero attached hydrogens (tertiary/aromatic N) is 2. The van der Waals surface area contributed by atoms with Crippen LogP contribution in [0.4, 0.5) is 17.6 Å². The highest BCUT2D eigenvalue weighted by atomic mass is 19.4. The number of aryl methyl sites for hydroxylation is 1. The van der Waals surface area contributed by atoms with Crippen molar-refractivity contribution >= 4 is 5.78 Å². The van der Waals surface area contributed by atoms with Crippen molar-refractivity contribution in [1.82, 2.24) is 9.55 Å². The average Bonchev–Trinajstić information content (AvgIpc) is 2.85. The van der Waals surface area contributed by atoms with Gasteiger partial charge >= 0.3 is 6.18 Å². The van der Waals surface area contributed by atoms with Crippen molar-refractivity contribution in [2.45, 2.75) is 19.6 Å². The lowest BCUT2D eigenvalue weighted by Gasteiger charge is -2.10. The number of carbonyl (C=O) groups is 1. The molecule has 0 saturated carbocycles. The van der Waals surface area contributed by atoms with Crippen LogP contribution in [0.2, 0.25) is 0 Å². The minimum Gasteiger partial charge on any atom is -0.328 e. The molecule has 0 aliphatic carbocycles. The van der Waals surface area contributed by atoms with E-state index in [2.05, 4.69) is 4.98 Å². The first kappa shape index (κ1) is 14.2. The zero-order valence-corrected chi connectivity index (χ0v) is 10.4. The molecular weight excluding hydrogens is 276 g/mol. The highest BCUT2D eigenvalue weighted by molar-refractivity contribution is 6.07. The van der Waals surface area contributed by atoms with Crippen molar-refractivity contribution in [3.05, 3.63) is 53.4 Å². The molecule has 3 nitrogen and oxygen atoms in total. The fraction of sp³-hybridized carbons (Fsp3) is 0.231. The molecule has 0 N–H and O–H groups in total. The van der Waals surface area contributed by atoms with Gasteiger partial charge in [-0.15, -0.1) is 0 Å². The van der Waals surface area contributed by atoms with Gasteiger partial charge in [0.1, 0.15) is 5.82 Å². The molecule has 1 aromatic heterocycles. The summed E-state index contributed by atoms with van der Waals surface area (Å²) in [4.78, 5) is 15.9. The van der Waals surface area contributed by atoms with Crippen LogP contribution in [0, 0.1) is 5.82 Å². The Bertz CT molecular complexity index is 646. The van der Waals surface area contributed by atoms with Gasteiger partial charge in [0.05, 0.1) is 11.1 Å². The van der Waals surface area contributed by atoms with Gasteiger partial charge in [-0.1, -0.05) is 6.07 Å². The number of hydrogen-bond donors (Lipinski definition) is 0. The first-order valence-electron chi connectivity index (χ1n) is 5.77. The van der Waals surface area contributed by atoms with Crippen LogP contribution in [0.5, 0.6) is 0 Å². The molecule has 0 saturated heterocycles. The number of hydrogen-bond acceptors (Lipinski definition) is 2. The van der Waals surface area contributed by atoms with E-state index in [-0.39, 0.29) is 5.82 Å². The highest BCUT2D eigenvalue weighted by Gasteiger charge is 2.36. The van der Waals surface area contributed by atoms with Crippen LogP contribution in [0.1, 0.15) is 28.7 Å². The summed E-state index contributed by atoms with van der Waals surface area (Å²) in [6.07, 6.45) is -2.01. The van der Waals surface area contributed by atoms with Gasteiger partial charge in [-0.05, 0) is 19.1 Å². The number of imidazole rings is 1. The Kier molecular flexibility index (Phi) is 3.61. The molecule has 0 amide bonds. The molecule has 0 bridgehead atoms. The average molecular weight is 286 g/mol. The number of aromatic nitrogens is 2. The molecule has 2 aromatic rings. The van der Waals surface area contributed by atoms with Gasteiger partial charge in [0.2, 0.25) is 5.78 Å². The van der Waals surface area contributed by atoms with Crippen molar-refractivity contribution in [3.63, 3.8) is 0 Å². The second-order valence-electron chi connectivity index (χ2n) is 4.03. The van der Waals surface area contributed by atoms with Gasteiger partial charge in [0.25, 0.3) is 0 Å². The first-order valence-corrected chi connectivity index (χ1v) is 5.77.